The molecule has 0 aromatic heterocycles. The van der Waals surface area contributed by atoms with Gasteiger partial charge in [0, 0.05) is 10.0 Å². The molecular formula is C10H10BrClFN. The predicted molar refractivity (Wildman–Crippen MR) is 61.8 cm³/mol. The third-order valence-corrected chi connectivity index (χ3v) is 2.80. The van der Waals surface area contributed by atoms with Crippen molar-refractivity contribution in [3.05, 3.63) is 39.6 Å². The Morgan fingerprint density at radius 3 is 2.79 bits per heavy atom. The molecule has 1 nitrogen and oxygen atoms in total. The topological polar surface area (TPSA) is 26.0 Å². The lowest BCUT2D eigenvalue weighted by atomic mass is 10.0. The van der Waals surface area contributed by atoms with E-state index in [1.165, 1.54) is 6.07 Å². The van der Waals surface area contributed by atoms with Crippen LogP contribution in [0.1, 0.15) is 12.0 Å². The number of hydrogen-bond donors (Lipinski definition) is 1. The summed E-state index contributed by atoms with van der Waals surface area (Å²) in [6.45, 7) is 4.21. The summed E-state index contributed by atoms with van der Waals surface area (Å²) in [6, 6.07) is 3.20. The van der Waals surface area contributed by atoms with Gasteiger partial charge in [-0.25, -0.2) is 4.39 Å². The average Bonchev–Trinajstić information content (AvgIpc) is 2.13. The predicted octanol–water partition coefficient (Wildman–Crippen LogP) is 3.60. The molecule has 0 fully saturated rings. The van der Waals surface area contributed by atoms with Gasteiger partial charge in [-0.3, -0.25) is 0 Å². The van der Waals surface area contributed by atoms with E-state index < -0.39 is 5.82 Å². The van der Waals surface area contributed by atoms with Crippen LogP contribution in [0.5, 0.6) is 0 Å². The van der Waals surface area contributed by atoms with Crippen molar-refractivity contribution in [2.75, 3.05) is 6.54 Å². The smallest absolute Gasteiger partial charge is 0.150 e. The zero-order valence-electron chi connectivity index (χ0n) is 7.49. The average molecular weight is 279 g/mol. The molecule has 0 saturated heterocycles. The number of hydrogen-bond acceptors (Lipinski definition) is 1. The summed E-state index contributed by atoms with van der Waals surface area (Å²) < 4.78 is 14.2. The summed E-state index contributed by atoms with van der Waals surface area (Å²) >= 11 is 8.91. The summed E-state index contributed by atoms with van der Waals surface area (Å²) in [4.78, 5) is 0. The number of halogens is 3. The van der Waals surface area contributed by atoms with Crippen LogP contribution in [0, 0.1) is 5.82 Å². The van der Waals surface area contributed by atoms with Gasteiger partial charge >= 0.3 is 0 Å². The maximum absolute atomic E-state index is 13.6. The van der Waals surface area contributed by atoms with Crippen molar-refractivity contribution in [1.82, 2.24) is 0 Å². The SMILES string of the molecule is C=C(CCN)c1c(Br)ccc(Cl)c1F. The van der Waals surface area contributed by atoms with Crippen molar-refractivity contribution in [3.63, 3.8) is 0 Å². The van der Waals surface area contributed by atoms with E-state index in [1.54, 1.807) is 6.07 Å². The van der Waals surface area contributed by atoms with Gasteiger partial charge in [0.15, 0.2) is 0 Å². The van der Waals surface area contributed by atoms with Crippen LogP contribution in [0.25, 0.3) is 5.57 Å². The fraction of sp³-hybridized carbons (Fsp3) is 0.200. The third-order valence-electron chi connectivity index (χ3n) is 1.84. The molecule has 1 aromatic rings. The Labute approximate surface area is 95.9 Å². The van der Waals surface area contributed by atoms with Crippen LogP contribution in [0.2, 0.25) is 5.02 Å². The van der Waals surface area contributed by atoms with Crippen LogP contribution in [-0.2, 0) is 0 Å². The van der Waals surface area contributed by atoms with Gasteiger partial charge < -0.3 is 5.73 Å². The highest BCUT2D eigenvalue weighted by Crippen LogP contribution is 2.31. The molecule has 1 aromatic carbocycles. The van der Waals surface area contributed by atoms with E-state index in [9.17, 15) is 4.39 Å². The van der Waals surface area contributed by atoms with Crippen molar-refractivity contribution in [3.8, 4) is 0 Å². The molecule has 0 saturated carbocycles. The summed E-state index contributed by atoms with van der Waals surface area (Å²) in [7, 11) is 0. The Kier molecular flexibility index (Phi) is 4.11. The number of nitrogens with two attached hydrogens (primary N) is 1. The lowest BCUT2D eigenvalue weighted by molar-refractivity contribution is 0.622. The molecule has 0 bridgehead atoms. The lowest BCUT2D eigenvalue weighted by Crippen LogP contribution is -2.01. The van der Waals surface area contributed by atoms with Gasteiger partial charge in [-0.15, -0.1) is 0 Å². The van der Waals surface area contributed by atoms with Crippen molar-refractivity contribution >= 4 is 33.1 Å². The van der Waals surface area contributed by atoms with E-state index in [0.29, 0.717) is 28.6 Å². The largest absolute Gasteiger partial charge is 0.330 e. The Bertz CT molecular complexity index is 365. The monoisotopic (exact) mass is 277 g/mol. The van der Waals surface area contributed by atoms with Gasteiger partial charge in [0.25, 0.3) is 0 Å². The van der Waals surface area contributed by atoms with Crippen LogP contribution in [0.3, 0.4) is 0 Å². The van der Waals surface area contributed by atoms with Crippen LogP contribution in [0.15, 0.2) is 23.2 Å². The summed E-state index contributed by atoms with van der Waals surface area (Å²) in [5.74, 6) is -0.445. The quantitative estimate of drug-likeness (QED) is 0.840. The normalized spacial score (nSPS) is 10.3. The molecule has 0 radical (unpaired) electrons. The number of rotatable bonds is 3. The van der Waals surface area contributed by atoms with E-state index in [1.807, 2.05) is 0 Å². The maximum Gasteiger partial charge on any atom is 0.150 e. The molecule has 76 valence electrons. The molecule has 0 amide bonds. The second-order valence-corrected chi connectivity index (χ2v) is 4.12. The Balaban J connectivity index is 3.18. The fourth-order valence-electron chi connectivity index (χ4n) is 1.15. The summed E-state index contributed by atoms with van der Waals surface area (Å²) in [5, 5.41) is 0.0985. The van der Waals surface area contributed by atoms with E-state index in [2.05, 4.69) is 22.5 Å². The van der Waals surface area contributed by atoms with E-state index in [-0.39, 0.29) is 5.02 Å². The van der Waals surface area contributed by atoms with Crippen LogP contribution in [0.4, 0.5) is 4.39 Å². The van der Waals surface area contributed by atoms with Gasteiger partial charge in [-0.1, -0.05) is 34.1 Å². The first-order valence-electron chi connectivity index (χ1n) is 4.09. The lowest BCUT2D eigenvalue weighted by Gasteiger charge is -2.09. The van der Waals surface area contributed by atoms with Crippen LogP contribution < -0.4 is 5.73 Å². The van der Waals surface area contributed by atoms with Crippen molar-refractivity contribution < 1.29 is 4.39 Å². The molecule has 0 heterocycles. The minimum atomic E-state index is -0.445. The molecule has 2 N–H and O–H groups in total. The molecule has 14 heavy (non-hydrogen) atoms. The van der Waals surface area contributed by atoms with Crippen LogP contribution in [-0.4, -0.2) is 6.54 Å². The Hall–Kier alpha value is -0.380. The van der Waals surface area contributed by atoms with Gasteiger partial charge in [0.1, 0.15) is 5.82 Å². The highest BCUT2D eigenvalue weighted by molar-refractivity contribution is 9.10. The Morgan fingerprint density at radius 2 is 2.21 bits per heavy atom. The highest BCUT2D eigenvalue weighted by atomic mass is 79.9. The summed E-state index contributed by atoms with van der Waals surface area (Å²) in [6.07, 6.45) is 0.551. The maximum atomic E-state index is 13.6. The molecule has 4 heteroatoms. The minimum Gasteiger partial charge on any atom is -0.330 e. The third kappa shape index (κ3) is 2.35. The second-order valence-electron chi connectivity index (χ2n) is 2.86. The first-order valence-corrected chi connectivity index (χ1v) is 5.26. The van der Waals surface area contributed by atoms with Gasteiger partial charge in [-0.2, -0.15) is 0 Å². The molecule has 0 unspecified atom stereocenters. The van der Waals surface area contributed by atoms with Gasteiger partial charge in [0.2, 0.25) is 0 Å². The van der Waals surface area contributed by atoms with Crippen molar-refractivity contribution in [2.24, 2.45) is 5.73 Å². The van der Waals surface area contributed by atoms with Crippen LogP contribution >= 0.6 is 27.5 Å². The Morgan fingerprint density at radius 1 is 1.57 bits per heavy atom. The van der Waals surface area contributed by atoms with Gasteiger partial charge in [0.05, 0.1) is 5.02 Å². The zero-order chi connectivity index (χ0) is 10.7. The fourth-order valence-corrected chi connectivity index (χ4v) is 1.89. The van der Waals surface area contributed by atoms with Gasteiger partial charge in [-0.05, 0) is 30.7 Å². The number of benzene rings is 1. The standard InChI is InChI=1S/C10H10BrClFN/c1-6(4-5-14)9-7(11)2-3-8(12)10(9)13/h2-3H,1,4-5,14H2. The molecule has 0 spiro atoms. The molecule has 0 aliphatic rings. The van der Waals surface area contributed by atoms with Crippen molar-refractivity contribution in [2.45, 2.75) is 6.42 Å². The first-order chi connectivity index (χ1) is 6.57. The van der Waals surface area contributed by atoms with Crippen molar-refractivity contribution in [1.29, 1.82) is 0 Å². The zero-order valence-corrected chi connectivity index (χ0v) is 9.83. The molecule has 0 atom stereocenters. The molecule has 1 rings (SSSR count). The van der Waals surface area contributed by atoms with E-state index >= 15 is 0 Å². The van der Waals surface area contributed by atoms with E-state index in [0.717, 1.165) is 0 Å². The second kappa shape index (κ2) is 4.91. The molecule has 0 aliphatic heterocycles. The first kappa shape index (κ1) is 11.7. The minimum absolute atomic E-state index is 0.0985. The molecule has 0 aliphatic carbocycles. The summed E-state index contributed by atoms with van der Waals surface area (Å²) in [5.41, 5.74) is 6.44. The highest BCUT2D eigenvalue weighted by Gasteiger charge is 2.12. The van der Waals surface area contributed by atoms with E-state index in [4.69, 9.17) is 17.3 Å². The molecular weight excluding hydrogens is 268 g/mol.